The highest BCUT2D eigenvalue weighted by molar-refractivity contribution is 9.10. The fraction of sp³-hybridized carbons (Fsp3) is 0.455. The highest BCUT2D eigenvalue weighted by atomic mass is 79.9. The average Bonchev–Trinajstić information content (AvgIpc) is 2.09. The van der Waals surface area contributed by atoms with Crippen LogP contribution in [-0.2, 0) is 5.75 Å². The van der Waals surface area contributed by atoms with Crippen LogP contribution in [0.15, 0.2) is 22.7 Å². The van der Waals surface area contributed by atoms with Gasteiger partial charge in [0.25, 0.3) is 0 Å². The summed E-state index contributed by atoms with van der Waals surface area (Å²) < 4.78 is 1.12. The minimum absolute atomic E-state index is 0.740. The Bertz CT molecular complexity index is 279. The maximum Gasteiger partial charge on any atom is 0.0366 e. The molecule has 0 heterocycles. The van der Waals surface area contributed by atoms with E-state index in [4.69, 9.17) is 5.73 Å². The quantitative estimate of drug-likeness (QED) is 0.842. The van der Waals surface area contributed by atoms with Gasteiger partial charge in [-0.1, -0.05) is 35.8 Å². The fourth-order valence-corrected chi connectivity index (χ4v) is 2.95. The highest BCUT2D eigenvalue weighted by Gasteiger charge is 2.04. The van der Waals surface area contributed by atoms with Crippen LogP contribution in [-0.4, -0.2) is 5.75 Å². The number of nitrogen functional groups attached to an aromatic ring is 1. The normalized spacial score (nSPS) is 10.9. The molecule has 0 aliphatic carbocycles. The van der Waals surface area contributed by atoms with E-state index in [1.54, 1.807) is 0 Å². The molecule has 1 nitrogen and oxygen atoms in total. The van der Waals surface area contributed by atoms with Crippen LogP contribution in [0.25, 0.3) is 0 Å². The molecule has 2 N–H and O–H groups in total. The third-order valence-corrected chi connectivity index (χ3v) is 3.99. The lowest BCUT2D eigenvalue weighted by Gasteiger charge is -2.09. The van der Waals surface area contributed by atoms with Gasteiger partial charge in [-0.2, -0.15) is 11.8 Å². The lowest BCUT2D eigenvalue weighted by molar-refractivity contribution is 0.750. The van der Waals surface area contributed by atoms with Crippen molar-refractivity contribution in [1.29, 1.82) is 0 Å². The summed E-state index contributed by atoms with van der Waals surface area (Å²) >= 11 is 5.45. The SMILES string of the molecule is CC(C)CSCc1c(N)cccc1Br. The van der Waals surface area contributed by atoms with Crippen LogP contribution in [0.1, 0.15) is 19.4 Å². The van der Waals surface area contributed by atoms with Crippen LogP contribution in [0.3, 0.4) is 0 Å². The number of nitrogens with two attached hydrogens (primary N) is 1. The summed E-state index contributed by atoms with van der Waals surface area (Å²) in [5, 5.41) is 0. The van der Waals surface area contributed by atoms with Gasteiger partial charge in [0.05, 0.1) is 0 Å². The smallest absolute Gasteiger partial charge is 0.0366 e. The lowest BCUT2D eigenvalue weighted by atomic mass is 10.2. The predicted molar refractivity (Wildman–Crippen MR) is 69.6 cm³/mol. The van der Waals surface area contributed by atoms with Crippen molar-refractivity contribution in [2.24, 2.45) is 5.92 Å². The molecular formula is C11H16BrNS. The molecule has 3 heteroatoms. The second-order valence-electron chi connectivity index (χ2n) is 3.72. The van der Waals surface area contributed by atoms with E-state index in [0.717, 1.165) is 21.8 Å². The summed E-state index contributed by atoms with van der Waals surface area (Å²) in [4.78, 5) is 0. The van der Waals surface area contributed by atoms with Crippen molar-refractivity contribution in [3.8, 4) is 0 Å². The Kier molecular flexibility index (Phi) is 4.82. The Morgan fingerprint density at radius 2 is 2.14 bits per heavy atom. The van der Waals surface area contributed by atoms with Gasteiger partial charge in [-0.05, 0) is 29.4 Å². The van der Waals surface area contributed by atoms with E-state index in [2.05, 4.69) is 29.8 Å². The molecule has 0 aliphatic heterocycles. The lowest BCUT2D eigenvalue weighted by Crippen LogP contribution is -1.96. The van der Waals surface area contributed by atoms with Gasteiger partial charge >= 0.3 is 0 Å². The molecule has 0 saturated carbocycles. The van der Waals surface area contributed by atoms with E-state index >= 15 is 0 Å². The van der Waals surface area contributed by atoms with Gasteiger partial charge in [0.2, 0.25) is 0 Å². The molecule has 14 heavy (non-hydrogen) atoms. The van der Waals surface area contributed by atoms with E-state index in [9.17, 15) is 0 Å². The first-order valence-corrected chi connectivity index (χ1v) is 6.66. The maximum atomic E-state index is 5.89. The third-order valence-electron chi connectivity index (χ3n) is 1.85. The largest absolute Gasteiger partial charge is 0.398 e. The highest BCUT2D eigenvalue weighted by Crippen LogP contribution is 2.27. The molecule has 0 aliphatic rings. The summed E-state index contributed by atoms with van der Waals surface area (Å²) in [6.45, 7) is 4.47. The van der Waals surface area contributed by atoms with Crippen LogP contribution < -0.4 is 5.73 Å². The summed E-state index contributed by atoms with van der Waals surface area (Å²) in [6, 6.07) is 5.97. The molecule has 0 amide bonds. The van der Waals surface area contributed by atoms with Crippen molar-refractivity contribution in [2.75, 3.05) is 11.5 Å². The summed E-state index contributed by atoms with van der Waals surface area (Å²) in [5.74, 6) is 2.91. The van der Waals surface area contributed by atoms with Crippen LogP contribution in [0.2, 0.25) is 0 Å². The number of halogens is 1. The summed E-state index contributed by atoms with van der Waals surface area (Å²) in [5.41, 5.74) is 8.00. The molecule has 1 aromatic rings. The minimum atomic E-state index is 0.740. The zero-order valence-electron chi connectivity index (χ0n) is 8.59. The molecule has 0 saturated heterocycles. The van der Waals surface area contributed by atoms with Crippen molar-refractivity contribution < 1.29 is 0 Å². The molecule has 0 atom stereocenters. The molecule has 0 fully saturated rings. The van der Waals surface area contributed by atoms with Gasteiger partial charge in [0.15, 0.2) is 0 Å². The van der Waals surface area contributed by atoms with Crippen molar-refractivity contribution in [1.82, 2.24) is 0 Å². The Morgan fingerprint density at radius 3 is 2.71 bits per heavy atom. The van der Waals surface area contributed by atoms with E-state index < -0.39 is 0 Å². The first-order chi connectivity index (χ1) is 6.61. The number of anilines is 1. The zero-order valence-corrected chi connectivity index (χ0v) is 11.0. The molecule has 78 valence electrons. The minimum Gasteiger partial charge on any atom is -0.398 e. The molecule has 0 unspecified atom stereocenters. The Morgan fingerprint density at radius 1 is 1.43 bits per heavy atom. The Balaban J connectivity index is 2.58. The van der Waals surface area contributed by atoms with Crippen molar-refractivity contribution in [3.05, 3.63) is 28.2 Å². The third kappa shape index (κ3) is 3.54. The van der Waals surface area contributed by atoms with Gasteiger partial charge in [-0.15, -0.1) is 0 Å². The van der Waals surface area contributed by atoms with Crippen molar-refractivity contribution >= 4 is 33.4 Å². The van der Waals surface area contributed by atoms with Crippen LogP contribution in [0, 0.1) is 5.92 Å². The number of hydrogen-bond donors (Lipinski definition) is 1. The standard InChI is InChI=1S/C11H16BrNS/c1-8(2)6-14-7-9-10(12)4-3-5-11(9)13/h3-5,8H,6-7,13H2,1-2H3. The van der Waals surface area contributed by atoms with Crippen molar-refractivity contribution in [3.63, 3.8) is 0 Å². The molecular weight excluding hydrogens is 258 g/mol. The zero-order chi connectivity index (χ0) is 10.6. The topological polar surface area (TPSA) is 26.0 Å². The van der Waals surface area contributed by atoms with Crippen LogP contribution in [0.4, 0.5) is 5.69 Å². The molecule has 0 spiro atoms. The Labute approximate surface area is 98.6 Å². The van der Waals surface area contributed by atoms with Gasteiger partial charge in [-0.25, -0.2) is 0 Å². The first kappa shape index (κ1) is 11.9. The van der Waals surface area contributed by atoms with Gasteiger partial charge < -0.3 is 5.73 Å². The van der Waals surface area contributed by atoms with E-state index in [1.807, 2.05) is 30.0 Å². The van der Waals surface area contributed by atoms with Crippen LogP contribution >= 0.6 is 27.7 Å². The van der Waals surface area contributed by atoms with Gasteiger partial charge in [0, 0.05) is 15.9 Å². The van der Waals surface area contributed by atoms with Gasteiger partial charge in [0.1, 0.15) is 0 Å². The average molecular weight is 274 g/mol. The number of hydrogen-bond acceptors (Lipinski definition) is 2. The number of thioether (sulfide) groups is 1. The van der Waals surface area contributed by atoms with E-state index in [0.29, 0.717) is 0 Å². The summed E-state index contributed by atoms with van der Waals surface area (Å²) in [6.07, 6.45) is 0. The molecule has 1 rings (SSSR count). The monoisotopic (exact) mass is 273 g/mol. The number of rotatable bonds is 4. The Hall–Kier alpha value is -0.150. The molecule has 0 bridgehead atoms. The van der Waals surface area contributed by atoms with Crippen molar-refractivity contribution in [2.45, 2.75) is 19.6 Å². The second-order valence-corrected chi connectivity index (χ2v) is 5.60. The first-order valence-electron chi connectivity index (χ1n) is 4.72. The van der Waals surface area contributed by atoms with Crippen LogP contribution in [0.5, 0.6) is 0 Å². The molecule has 0 radical (unpaired) electrons. The second kappa shape index (κ2) is 5.66. The summed E-state index contributed by atoms with van der Waals surface area (Å²) in [7, 11) is 0. The van der Waals surface area contributed by atoms with E-state index in [-0.39, 0.29) is 0 Å². The maximum absolute atomic E-state index is 5.89. The number of benzene rings is 1. The molecule has 0 aromatic heterocycles. The molecule has 1 aromatic carbocycles. The van der Waals surface area contributed by atoms with E-state index in [1.165, 1.54) is 11.3 Å². The fourth-order valence-electron chi connectivity index (χ4n) is 1.12. The predicted octanol–water partition coefficient (Wildman–Crippen LogP) is 3.92. The van der Waals surface area contributed by atoms with Gasteiger partial charge in [-0.3, -0.25) is 0 Å².